The van der Waals surface area contributed by atoms with E-state index in [0.29, 0.717) is 6.54 Å². The Kier molecular flexibility index (Phi) is 4.93. The maximum absolute atomic E-state index is 5.99. The van der Waals surface area contributed by atoms with Crippen molar-refractivity contribution in [3.05, 3.63) is 50.9 Å². The summed E-state index contributed by atoms with van der Waals surface area (Å²) < 4.78 is 0. The number of nitrogens with zero attached hydrogens (tertiary/aromatic N) is 2. The number of hydrogen-bond donors (Lipinski definition) is 1. The maximum Gasteiger partial charge on any atom is 0.0565 e. The topological polar surface area (TPSA) is 42.1 Å². The van der Waals surface area contributed by atoms with Gasteiger partial charge >= 0.3 is 0 Å². The number of hydrogen-bond acceptors (Lipinski definition) is 4. The summed E-state index contributed by atoms with van der Waals surface area (Å²) in [5.41, 5.74) is 8.00. The molecule has 2 N–H and O–H groups in total. The Morgan fingerprint density at radius 1 is 1.47 bits per heavy atom. The second-order valence-corrected chi connectivity index (χ2v) is 5.98. The zero-order valence-electron chi connectivity index (χ0n) is 11.1. The highest BCUT2D eigenvalue weighted by atomic mass is 35.5. The van der Waals surface area contributed by atoms with Crippen LogP contribution in [0.5, 0.6) is 0 Å². The summed E-state index contributed by atoms with van der Waals surface area (Å²) in [6, 6.07) is 8.25. The first-order valence-corrected chi connectivity index (χ1v) is 7.42. The third-order valence-electron chi connectivity index (χ3n) is 3.03. The number of nitrogens with two attached hydrogens (primary N) is 1. The van der Waals surface area contributed by atoms with Crippen LogP contribution < -0.4 is 5.73 Å². The molecule has 19 heavy (non-hydrogen) atoms. The molecule has 0 bridgehead atoms. The molecule has 2 aromatic heterocycles. The molecule has 1 unspecified atom stereocenters. The van der Waals surface area contributed by atoms with Gasteiger partial charge < -0.3 is 5.73 Å². The van der Waals surface area contributed by atoms with Gasteiger partial charge in [-0.15, -0.1) is 11.3 Å². The van der Waals surface area contributed by atoms with Gasteiger partial charge in [-0.2, -0.15) is 0 Å². The molecular weight excluding hydrogens is 278 g/mol. The number of rotatable bonds is 5. The molecule has 0 aliphatic heterocycles. The zero-order valence-corrected chi connectivity index (χ0v) is 12.7. The molecule has 0 amide bonds. The van der Waals surface area contributed by atoms with Crippen molar-refractivity contribution in [2.24, 2.45) is 5.73 Å². The van der Waals surface area contributed by atoms with Crippen molar-refractivity contribution in [1.29, 1.82) is 0 Å². The van der Waals surface area contributed by atoms with Crippen LogP contribution in [0.3, 0.4) is 0 Å². The van der Waals surface area contributed by atoms with Crippen molar-refractivity contribution in [2.75, 3.05) is 13.6 Å². The van der Waals surface area contributed by atoms with E-state index in [1.807, 2.05) is 36.6 Å². The Labute approximate surface area is 123 Å². The predicted octanol–water partition coefficient (Wildman–Crippen LogP) is 3.24. The lowest BCUT2D eigenvalue weighted by molar-refractivity contribution is 0.242. The van der Waals surface area contributed by atoms with Crippen LogP contribution in [0, 0.1) is 6.92 Å². The molecule has 2 heterocycles. The highest BCUT2D eigenvalue weighted by molar-refractivity contribution is 7.10. The SMILES string of the molecule is Cc1cccc(CN(C)C(CN)c2cc(Cl)cs2)n1. The Morgan fingerprint density at radius 2 is 2.26 bits per heavy atom. The fraction of sp³-hybridized carbons (Fsp3) is 0.357. The van der Waals surface area contributed by atoms with E-state index in [1.165, 1.54) is 4.88 Å². The zero-order chi connectivity index (χ0) is 13.8. The first-order valence-electron chi connectivity index (χ1n) is 6.17. The van der Waals surface area contributed by atoms with Crippen molar-refractivity contribution in [3.63, 3.8) is 0 Å². The third kappa shape index (κ3) is 3.76. The lowest BCUT2D eigenvalue weighted by Gasteiger charge is -2.25. The predicted molar refractivity (Wildman–Crippen MR) is 81.6 cm³/mol. The van der Waals surface area contributed by atoms with Crippen LogP contribution >= 0.6 is 22.9 Å². The third-order valence-corrected chi connectivity index (χ3v) is 4.41. The van der Waals surface area contributed by atoms with E-state index in [0.717, 1.165) is 23.0 Å². The van der Waals surface area contributed by atoms with Gasteiger partial charge in [-0.1, -0.05) is 17.7 Å². The van der Waals surface area contributed by atoms with Gasteiger partial charge in [0.15, 0.2) is 0 Å². The summed E-state index contributed by atoms with van der Waals surface area (Å²) in [6.07, 6.45) is 0. The van der Waals surface area contributed by atoms with Crippen molar-refractivity contribution >= 4 is 22.9 Å². The number of pyridine rings is 1. The molecule has 0 fully saturated rings. The number of likely N-dealkylation sites (N-methyl/N-ethyl adjacent to an activating group) is 1. The molecule has 3 nitrogen and oxygen atoms in total. The fourth-order valence-electron chi connectivity index (χ4n) is 2.07. The molecule has 0 aromatic carbocycles. The second kappa shape index (κ2) is 6.48. The van der Waals surface area contributed by atoms with E-state index < -0.39 is 0 Å². The Morgan fingerprint density at radius 3 is 2.84 bits per heavy atom. The molecule has 5 heteroatoms. The smallest absolute Gasteiger partial charge is 0.0565 e. The van der Waals surface area contributed by atoms with Gasteiger partial charge in [-0.3, -0.25) is 9.88 Å². The van der Waals surface area contributed by atoms with Gasteiger partial charge in [0.2, 0.25) is 0 Å². The normalized spacial score (nSPS) is 12.9. The second-order valence-electron chi connectivity index (χ2n) is 4.60. The Balaban J connectivity index is 2.11. The minimum atomic E-state index is 0.180. The standard InChI is InChI=1S/C14H18ClN3S/c1-10-4-3-5-12(17-10)8-18(2)13(7-16)14-6-11(15)9-19-14/h3-6,9,13H,7-8,16H2,1-2H3. The number of halogens is 1. The summed E-state index contributed by atoms with van der Waals surface area (Å²) in [5, 5.41) is 2.72. The maximum atomic E-state index is 5.99. The Bertz CT molecular complexity index is 541. The molecule has 0 radical (unpaired) electrons. The van der Waals surface area contributed by atoms with E-state index in [1.54, 1.807) is 11.3 Å². The van der Waals surface area contributed by atoms with Crippen LogP contribution in [-0.4, -0.2) is 23.5 Å². The molecule has 0 spiro atoms. The quantitative estimate of drug-likeness (QED) is 0.921. The van der Waals surface area contributed by atoms with Crippen molar-refractivity contribution in [3.8, 4) is 0 Å². The molecule has 0 aliphatic carbocycles. The van der Waals surface area contributed by atoms with Crippen molar-refractivity contribution in [1.82, 2.24) is 9.88 Å². The molecule has 0 aliphatic rings. The van der Waals surface area contributed by atoms with Crippen LogP contribution in [0.2, 0.25) is 5.02 Å². The highest BCUT2D eigenvalue weighted by Gasteiger charge is 2.17. The average molecular weight is 296 g/mol. The Hall–Kier alpha value is -0.940. The lowest BCUT2D eigenvalue weighted by Crippen LogP contribution is -2.29. The summed E-state index contributed by atoms with van der Waals surface area (Å²) in [7, 11) is 2.06. The van der Waals surface area contributed by atoms with Gasteiger partial charge in [-0.25, -0.2) is 0 Å². The van der Waals surface area contributed by atoms with Gasteiger partial charge in [0, 0.05) is 29.0 Å². The summed E-state index contributed by atoms with van der Waals surface area (Å²) in [6.45, 7) is 3.35. The number of aromatic nitrogens is 1. The van der Waals surface area contributed by atoms with Crippen LogP contribution in [0.4, 0.5) is 0 Å². The molecule has 2 aromatic rings. The average Bonchev–Trinajstić information content (AvgIpc) is 2.76. The van der Waals surface area contributed by atoms with Crippen LogP contribution in [0.25, 0.3) is 0 Å². The van der Waals surface area contributed by atoms with E-state index in [4.69, 9.17) is 17.3 Å². The first kappa shape index (κ1) is 14.5. The van der Waals surface area contributed by atoms with Gasteiger partial charge in [0.25, 0.3) is 0 Å². The molecule has 102 valence electrons. The summed E-state index contributed by atoms with van der Waals surface area (Å²) in [4.78, 5) is 7.93. The van der Waals surface area contributed by atoms with Crippen LogP contribution in [-0.2, 0) is 6.54 Å². The van der Waals surface area contributed by atoms with Gasteiger partial charge in [0.05, 0.1) is 16.8 Å². The van der Waals surface area contributed by atoms with E-state index in [-0.39, 0.29) is 6.04 Å². The van der Waals surface area contributed by atoms with E-state index in [9.17, 15) is 0 Å². The number of aryl methyl sites for hydroxylation is 1. The van der Waals surface area contributed by atoms with Crippen LogP contribution in [0.1, 0.15) is 22.3 Å². The number of thiophene rings is 1. The fourth-order valence-corrected chi connectivity index (χ4v) is 3.33. The molecule has 0 saturated carbocycles. The lowest BCUT2D eigenvalue weighted by atomic mass is 10.2. The van der Waals surface area contributed by atoms with E-state index >= 15 is 0 Å². The minimum Gasteiger partial charge on any atom is -0.329 e. The van der Waals surface area contributed by atoms with Gasteiger partial charge in [-0.05, 0) is 32.2 Å². The summed E-state index contributed by atoms with van der Waals surface area (Å²) in [5.74, 6) is 0. The monoisotopic (exact) mass is 295 g/mol. The molecular formula is C14H18ClN3S. The van der Waals surface area contributed by atoms with Gasteiger partial charge in [0.1, 0.15) is 0 Å². The summed E-state index contributed by atoms with van der Waals surface area (Å²) >= 11 is 7.64. The van der Waals surface area contributed by atoms with Crippen molar-refractivity contribution < 1.29 is 0 Å². The van der Waals surface area contributed by atoms with E-state index in [2.05, 4.69) is 16.9 Å². The molecule has 0 saturated heterocycles. The van der Waals surface area contributed by atoms with Crippen LogP contribution in [0.15, 0.2) is 29.6 Å². The highest BCUT2D eigenvalue weighted by Crippen LogP contribution is 2.28. The molecule has 1 atom stereocenters. The minimum absolute atomic E-state index is 0.180. The first-order chi connectivity index (χ1) is 9.10. The van der Waals surface area contributed by atoms with Crippen molar-refractivity contribution in [2.45, 2.75) is 19.5 Å². The largest absolute Gasteiger partial charge is 0.329 e. The molecule has 2 rings (SSSR count).